The zero-order valence-corrected chi connectivity index (χ0v) is 19.2. The summed E-state index contributed by atoms with van der Waals surface area (Å²) >= 11 is 16.1. The molecule has 0 fully saturated rings. The Kier molecular flexibility index (Phi) is 7.53. The third-order valence-corrected chi connectivity index (χ3v) is 5.82. The molecule has 0 radical (unpaired) electrons. The van der Waals surface area contributed by atoms with Gasteiger partial charge in [-0.2, -0.15) is 0 Å². The number of benzene rings is 3. The SMILES string of the molecule is CCOC(=O)c1ccc(N(Cc2c(Cl)cccc2Cl)C(=O)c2ccccc2Br)cc1. The monoisotopic (exact) mass is 505 g/mol. The number of hydrogen-bond acceptors (Lipinski definition) is 3. The van der Waals surface area contributed by atoms with Gasteiger partial charge >= 0.3 is 5.97 Å². The maximum absolute atomic E-state index is 13.4. The Morgan fingerprint density at radius 2 is 1.57 bits per heavy atom. The van der Waals surface area contributed by atoms with Crippen molar-refractivity contribution in [1.29, 1.82) is 0 Å². The molecule has 3 rings (SSSR count). The molecule has 30 heavy (non-hydrogen) atoms. The Morgan fingerprint density at radius 1 is 0.933 bits per heavy atom. The molecule has 0 N–H and O–H groups in total. The molecule has 0 bridgehead atoms. The van der Waals surface area contributed by atoms with Crippen LogP contribution in [0, 0.1) is 0 Å². The molecule has 0 unspecified atom stereocenters. The number of nitrogens with zero attached hydrogens (tertiary/aromatic N) is 1. The van der Waals surface area contributed by atoms with Gasteiger partial charge in [0.1, 0.15) is 0 Å². The van der Waals surface area contributed by atoms with E-state index in [0.717, 1.165) is 0 Å². The Bertz CT molecular complexity index is 1050. The van der Waals surface area contributed by atoms with Crippen LogP contribution in [-0.2, 0) is 11.3 Å². The maximum Gasteiger partial charge on any atom is 0.338 e. The van der Waals surface area contributed by atoms with Crippen molar-refractivity contribution in [3.8, 4) is 0 Å². The molecular weight excluding hydrogens is 489 g/mol. The standard InChI is InChI=1S/C23H18BrCl2NO3/c1-2-30-23(29)15-10-12-16(13-11-15)27(14-18-20(25)8-5-9-21(18)26)22(28)17-6-3-4-7-19(17)24/h3-13H,2,14H2,1H3. The summed E-state index contributed by atoms with van der Waals surface area (Å²) < 4.78 is 5.70. The molecule has 0 saturated carbocycles. The second kappa shape index (κ2) is 10.1. The van der Waals surface area contributed by atoms with Crippen molar-refractivity contribution < 1.29 is 14.3 Å². The lowest BCUT2D eigenvalue weighted by molar-refractivity contribution is 0.0526. The summed E-state index contributed by atoms with van der Waals surface area (Å²) in [6.07, 6.45) is 0. The average Bonchev–Trinajstić information content (AvgIpc) is 2.74. The van der Waals surface area contributed by atoms with Crippen molar-refractivity contribution in [2.24, 2.45) is 0 Å². The molecule has 0 saturated heterocycles. The number of halogens is 3. The van der Waals surface area contributed by atoms with Crippen LogP contribution in [-0.4, -0.2) is 18.5 Å². The van der Waals surface area contributed by atoms with Crippen molar-refractivity contribution in [2.45, 2.75) is 13.5 Å². The smallest absolute Gasteiger partial charge is 0.338 e. The van der Waals surface area contributed by atoms with Crippen molar-refractivity contribution in [3.63, 3.8) is 0 Å². The summed E-state index contributed by atoms with van der Waals surface area (Å²) in [5.41, 5.74) is 2.13. The van der Waals surface area contributed by atoms with Crippen LogP contribution < -0.4 is 4.90 Å². The fraction of sp³-hybridized carbons (Fsp3) is 0.130. The van der Waals surface area contributed by atoms with Gasteiger partial charge in [0.25, 0.3) is 5.91 Å². The minimum absolute atomic E-state index is 0.164. The first-order valence-corrected chi connectivity index (χ1v) is 10.7. The third kappa shape index (κ3) is 5.04. The van der Waals surface area contributed by atoms with Crippen LogP contribution in [0.4, 0.5) is 5.69 Å². The molecule has 3 aromatic rings. The Morgan fingerprint density at radius 3 is 2.17 bits per heavy atom. The van der Waals surface area contributed by atoms with Crippen LogP contribution in [0.3, 0.4) is 0 Å². The van der Waals surface area contributed by atoms with Crippen LogP contribution in [0.15, 0.2) is 71.2 Å². The van der Waals surface area contributed by atoms with Gasteiger partial charge in [-0.3, -0.25) is 4.79 Å². The molecule has 154 valence electrons. The first kappa shape index (κ1) is 22.3. The maximum atomic E-state index is 13.4. The highest BCUT2D eigenvalue weighted by Gasteiger charge is 2.22. The predicted octanol–water partition coefficient (Wildman–Crippen LogP) is 6.78. The molecule has 0 aliphatic carbocycles. The van der Waals surface area contributed by atoms with Gasteiger partial charge in [0.05, 0.1) is 24.3 Å². The van der Waals surface area contributed by atoms with Crippen LogP contribution in [0.2, 0.25) is 10.0 Å². The Labute approximate surface area is 193 Å². The van der Waals surface area contributed by atoms with E-state index < -0.39 is 5.97 Å². The van der Waals surface area contributed by atoms with E-state index in [-0.39, 0.29) is 19.1 Å². The summed E-state index contributed by atoms with van der Waals surface area (Å²) in [6.45, 7) is 2.20. The van der Waals surface area contributed by atoms with E-state index in [4.69, 9.17) is 27.9 Å². The topological polar surface area (TPSA) is 46.6 Å². The number of hydrogen-bond donors (Lipinski definition) is 0. The summed E-state index contributed by atoms with van der Waals surface area (Å²) in [5.74, 6) is -0.649. The Hall–Kier alpha value is -2.34. The highest BCUT2D eigenvalue weighted by molar-refractivity contribution is 9.10. The quantitative estimate of drug-likeness (QED) is 0.346. The van der Waals surface area contributed by atoms with Crippen molar-refractivity contribution in [3.05, 3.63) is 97.9 Å². The van der Waals surface area contributed by atoms with Gasteiger partial charge in [-0.1, -0.05) is 41.4 Å². The fourth-order valence-corrected chi connectivity index (χ4v) is 3.87. The van der Waals surface area contributed by atoms with Gasteiger partial charge in [-0.15, -0.1) is 0 Å². The van der Waals surface area contributed by atoms with Crippen LogP contribution >= 0.6 is 39.1 Å². The number of esters is 1. The van der Waals surface area contributed by atoms with Crippen LogP contribution in [0.5, 0.6) is 0 Å². The van der Waals surface area contributed by atoms with Gasteiger partial charge in [0, 0.05) is 25.8 Å². The lowest BCUT2D eigenvalue weighted by Gasteiger charge is -2.25. The molecule has 4 nitrogen and oxygen atoms in total. The average molecular weight is 507 g/mol. The highest BCUT2D eigenvalue weighted by Crippen LogP contribution is 2.30. The molecule has 7 heteroatoms. The molecule has 0 heterocycles. The van der Waals surface area contributed by atoms with Crippen LogP contribution in [0.1, 0.15) is 33.2 Å². The lowest BCUT2D eigenvalue weighted by atomic mass is 10.1. The zero-order chi connectivity index (χ0) is 21.7. The Balaban J connectivity index is 2.02. The lowest BCUT2D eigenvalue weighted by Crippen LogP contribution is -2.31. The first-order chi connectivity index (χ1) is 14.4. The number of carbonyl (C=O) groups is 2. The molecule has 0 aliphatic rings. The normalized spacial score (nSPS) is 10.5. The van der Waals surface area contributed by atoms with E-state index in [0.29, 0.717) is 36.9 Å². The van der Waals surface area contributed by atoms with E-state index in [1.165, 1.54) is 0 Å². The van der Waals surface area contributed by atoms with E-state index in [2.05, 4.69) is 15.9 Å². The van der Waals surface area contributed by atoms with Crippen molar-refractivity contribution in [2.75, 3.05) is 11.5 Å². The highest BCUT2D eigenvalue weighted by atomic mass is 79.9. The number of rotatable bonds is 6. The van der Waals surface area contributed by atoms with Gasteiger partial charge < -0.3 is 9.64 Å². The summed E-state index contributed by atoms with van der Waals surface area (Å²) in [6, 6.07) is 19.0. The number of amides is 1. The van der Waals surface area contributed by atoms with Crippen molar-refractivity contribution in [1.82, 2.24) is 0 Å². The molecule has 0 aromatic heterocycles. The number of ether oxygens (including phenoxy) is 1. The van der Waals surface area contributed by atoms with E-state index in [1.54, 1.807) is 72.5 Å². The van der Waals surface area contributed by atoms with Crippen molar-refractivity contribution >= 4 is 56.7 Å². The molecular formula is C23H18BrCl2NO3. The largest absolute Gasteiger partial charge is 0.462 e. The predicted molar refractivity (Wildman–Crippen MR) is 124 cm³/mol. The van der Waals surface area contributed by atoms with E-state index in [9.17, 15) is 9.59 Å². The number of carbonyl (C=O) groups excluding carboxylic acids is 2. The third-order valence-electron chi connectivity index (χ3n) is 4.42. The van der Waals surface area contributed by atoms with Crippen LogP contribution in [0.25, 0.3) is 0 Å². The van der Waals surface area contributed by atoms with Gasteiger partial charge in [-0.05, 0) is 71.4 Å². The first-order valence-electron chi connectivity index (χ1n) is 9.18. The number of anilines is 1. The minimum atomic E-state index is -0.415. The van der Waals surface area contributed by atoms with E-state index >= 15 is 0 Å². The molecule has 3 aromatic carbocycles. The molecule has 1 amide bonds. The summed E-state index contributed by atoms with van der Waals surface area (Å²) in [5, 5.41) is 0.936. The molecule has 0 spiro atoms. The molecule has 0 aliphatic heterocycles. The van der Waals surface area contributed by atoms with E-state index in [1.807, 2.05) is 6.07 Å². The summed E-state index contributed by atoms with van der Waals surface area (Å²) in [4.78, 5) is 27.0. The zero-order valence-electron chi connectivity index (χ0n) is 16.1. The van der Waals surface area contributed by atoms with Gasteiger partial charge in [0.15, 0.2) is 0 Å². The second-order valence-corrected chi connectivity index (χ2v) is 8.01. The summed E-state index contributed by atoms with van der Waals surface area (Å²) in [7, 11) is 0. The fourth-order valence-electron chi connectivity index (χ4n) is 2.89. The van der Waals surface area contributed by atoms with Gasteiger partial charge in [0.2, 0.25) is 0 Å². The minimum Gasteiger partial charge on any atom is -0.462 e. The second-order valence-electron chi connectivity index (χ2n) is 6.34. The molecule has 0 atom stereocenters. The van der Waals surface area contributed by atoms with Gasteiger partial charge in [-0.25, -0.2) is 4.79 Å².